The van der Waals surface area contributed by atoms with Gasteiger partial charge in [0.1, 0.15) is 12.3 Å². The van der Waals surface area contributed by atoms with Gasteiger partial charge in [-0.25, -0.2) is 0 Å². The minimum atomic E-state index is -4.68. The predicted octanol–water partition coefficient (Wildman–Crippen LogP) is 7.62. The van der Waals surface area contributed by atoms with Crippen LogP contribution < -0.4 is 10.1 Å². The minimum Gasteiger partial charge on any atom is -0.497 e. The van der Waals surface area contributed by atoms with Gasteiger partial charge in [-0.3, -0.25) is 19.4 Å². The fraction of sp³-hybridized carbons (Fsp3) is 0.167. The van der Waals surface area contributed by atoms with Crippen molar-refractivity contribution < 1.29 is 37.4 Å². The third kappa shape index (κ3) is 8.56. The van der Waals surface area contributed by atoms with Crippen LogP contribution >= 0.6 is 15.9 Å². The van der Waals surface area contributed by atoms with Crippen molar-refractivity contribution in [1.82, 2.24) is 4.90 Å². The lowest BCUT2D eigenvalue weighted by atomic mass is 10.0. The molecule has 246 valence electrons. The normalized spacial score (nSPS) is 12.6. The summed E-state index contributed by atoms with van der Waals surface area (Å²) in [6.45, 7) is -0.520. The molecule has 12 heteroatoms. The minimum absolute atomic E-state index is 0.0172. The number of amides is 2. The van der Waals surface area contributed by atoms with E-state index in [-0.39, 0.29) is 29.1 Å². The largest absolute Gasteiger partial charge is 0.497 e. The first-order valence-electron chi connectivity index (χ1n) is 14.7. The zero-order valence-electron chi connectivity index (χ0n) is 25.6. The van der Waals surface area contributed by atoms with E-state index in [9.17, 15) is 32.7 Å². The highest BCUT2D eigenvalue weighted by atomic mass is 79.9. The highest BCUT2D eigenvalue weighted by Gasteiger charge is 2.34. The van der Waals surface area contributed by atoms with Crippen LogP contribution in [0.4, 0.5) is 18.9 Å². The third-order valence-electron chi connectivity index (χ3n) is 7.55. The van der Waals surface area contributed by atoms with E-state index in [4.69, 9.17) is 9.73 Å². The summed E-state index contributed by atoms with van der Waals surface area (Å²) in [5.41, 5.74) is 3.66. The number of nitrogens with one attached hydrogen (secondary N) is 1. The van der Waals surface area contributed by atoms with Crippen LogP contribution in [0.15, 0.2) is 107 Å². The second kappa shape index (κ2) is 14.7. The Balaban J connectivity index is 1.23. The lowest BCUT2D eigenvalue weighted by Crippen LogP contribution is -2.35. The molecule has 1 aliphatic heterocycles. The number of anilines is 1. The lowest BCUT2D eigenvalue weighted by molar-refractivity contribution is -0.139. The Hall–Kier alpha value is -5.23. The van der Waals surface area contributed by atoms with Gasteiger partial charge in [-0.15, -0.1) is 0 Å². The standard InChI is InChI=1S/C36H29BrF3N3O5/c1-48-29-15-10-26(30(19-29)36(38,39)40)18-33(44)41-28-13-8-25(9-14-28)35(47)43(21-34(45)46)20-22-2-4-23(5-3-22)31-16-17-32(42-31)24-6-11-27(37)12-7-24/h2-16,19H,17-18,20-21H2,1H3,(H,41,44)(H,45,46). The van der Waals surface area contributed by atoms with E-state index < -0.39 is 42.5 Å². The van der Waals surface area contributed by atoms with Crippen molar-refractivity contribution in [2.75, 3.05) is 19.0 Å². The number of carbonyl (C=O) groups is 3. The van der Waals surface area contributed by atoms with Gasteiger partial charge in [0.2, 0.25) is 5.91 Å². The number of hydrogen-bond acceptors (Lipinski definition) is 5. The highest BCUT2D eigenvalue weighted by Crippen LogP contribution is 2.35. The van der Waals surface area contributed by atoms with Crippen LogP contribution in [0.5, 0.6) is 5.75 Å². The van der Waals surface area contributed by atoms with Crippen LogP contribution in [0.25, 0.3) is 5.70 Å². The molecule has 0 radical (unpaired) electrons. The van der Waals surface area contributed by atoms with E-state index in [0.29, 0.717) is 12.0 Å². The van der Waals surface area contributed by atoms with Crippen LogP contribution in [-0.4, -0.2) is 47.2 Å². The molecule has 8 nitrogen and oxygen atoms in total. The first-order valence-corrected chi connectivity index (χ1v) is 15.5. The van der Waals surface area contributed by atoms with Gasteiger partial charge in [0.25, 0.3) is 5.91 Å². The number of alkyl halides is 3. The number of nitrogens with zero attached hydrogens (tertiary/aromatic N) is 2. The Morgan fingerprint density at radius 1 is 0.938 bits per heavy atom. The molecule has 0 atom stereocenters. The van der Waals surface area contributed by atoms with E-state index in [1.165, 1.54) is 48.4 Å². The molecule has 2 amide bonds. The van der Waals surface area contributed by atoms with Crippen LogP contribution in [-0.2, 0) is 28.7 Å². The lowest BCUT2D eigenvalue weighted by Gasteiger charge is -2.21. The molecule has 0 unspecified atom stereocenters. The molecule has 0 saturated heterocycles. The molecule has 1 aliphatic rings. The molecule has 48 heavy (non-hydrogen) atoms. The van der Waals surface area contributed by atoms with Gasteiger partial charge >= 0.3 is 12.1 Å². The van der Waals surface area contributed by atoms with Crippen LogP contribution in [0.1, 0.15) is 44.6 Å². The number of ether oxygens (including phenoxy) is 1. The summed E-state index contributed by atoms with van der Waals surface area (Å²) >= 11 is 3.44. The van der Waals surface area contributed by atoms with Crippen molar-refractivity contribution in [3.8, 4) is 5.75 Å². The number of aliphatic imine (C=N–C) groups is 1. The molecule has 0 aliphatic carbocycles. The molecule has 0 fully saturated rings. The molecule has 2 N–H and O–H groups in total. The fourth-order valence-electron chi connectivity index (χ4n) is 5.16. The van der Waals surface area contributed by atoms with Crippen molar-refractivity contribution in [1.29, 1.82) is 0 Å². The summed E-state index contributed by atoms with van der Waals surface area (Å²) < 4.78 is 46.5. The zero-order chi connectivity index (χ0) is 34.4. The molecule has 0 bridgehead atoms. The van der Waals surface area contributed by atoms with Crippen molar-refractivity contribution in [3.05, 3.63) is 135 Å². The molecule has 0 saturated carbocycles. The second-order valence-electron chi connectivity index (χ2n) is 10.9. The SMILES string of the molecule is COc1ccc(CC(=O)Nc2ccc(C(=O)N(CC(=O)O)Cc3ccc(C4=CCC(c5ccc(Br)cc5)=N4)cc3)cc2)c(C(F)(F)F)c1. The topological polar surface area (TPSA) is 108 Å². The number of hydrogen-bond donors (Lipinski definition) is 2. The second-order valence-corrected chi connectivity index (χ2v) is 11.8. The van der Waals surface area contributed by atoms with E-state index in [1.807, 2.05) is 54.6 Å². The van der Waals surface area contributed by atoms with Crippen LogP contribution in [0.2, 0.25) is 0 Å². The number of halogens is 4. The van der Waals surface area contributed by atoms with Gasteiger partial charge < -0.3 is 20.1 Å². The van der Waals surface area contributed by atoms with Gasteiger partial charge in [-0.2, -0.15) is 13.2 Å². The summed E-state index contributed by atoms with van der Waals surface area (Å²) in [6, 6.07) is 24.4. The quantitative estimate of drug-likeness (QED) is 0.166. The summed E-state index contributed by atoms with van der Waals surface area (Å²) in [5.74, 6) is -2.41. The molecule has 4 aromatic carbocycles. The van der Waals surface area contributed by atoms with Gasteiger partial charge in [0.05, 0.1) is 30.5 Å². The Labute approximate surface area is 282 Å². The smallest absolute Gasteiger partial charge is 0.416 e. The van der Waals surface area contributed by atoms with Gasteiger partial charge in [-0.1, -0.05) is 64.5 Å². The van der Waals surface area contributed by atoms with Crippen molar-refractivity contribution in [2.24, 2.45) is 4.99 Å². The molecule has 0 aromatic heterocycles. The highest BCUT2D eigenvalue weighted by molar-refractivity contribution is 9.10. The molecule has 0 spiro atoms. The summed E-state index contributed by atoms with van der Waals surface area (Å²) in [4.78, 5) is 43.5. The first-order chi connectivity index (χ1) is 22.9. The average molecular weight is 721 g/mol. The summed E-state index contributed by atoms with van der Waals surface area (Å²) in [7, 11) is 1.25. The predicted molar refractivity (Wildman–Crippen MR) is 179 cm³/mol. The van der Waals surface area contributed by atoms with E-state index in [2.05, 4.69) is 21.2 Å². The van der Waals surface area contributed by atoms with E-state index >= 15 is 0 Å². The van der Waals surface area contributed by atoms with E-state index in [1.54, 1.807) is 0 Å². The number of aliphatic carboxylic acids is 1. The Bertz CT molecular complexity index is 1890. The number of allylic oxidation sites excluding steroid dienone is 1. The number of carbonyl (C=O) groups excluding carboxylic acids is 2. The van der Waals surface area contributed by atoms with Crippen molar-refractivity contribution in [3.63, 3.8) is 0 Å². The Kier molecular flexibility index (Phi) is 10.4. The third-order valence-corrected chi connectivity index (χ3v) is 8.08. The van der Waals surface area contributed by atoms with Crippen LogP contribution in [0, 0.1) is 0 Å². The van der Waals surface area contributed by atoms with Crippen molar-refractivity contribution >= 4 is 50.8 Å². The number of methoxy groups -OCH3 is 1. The molecule has 4 aromatic rings. The number of carboxylic acid groups (broad SMARTS) is 1. The zero-order valence-corrected chi connectivity index (χ0v) is 27.1. The van der Waals surface area contributed by atoms with Crippen molar-refractivity contribution in [2.45, 2.75) is 25.6 Å². The van der Waals surface area contributed by atoms with E-state index in [0.717, 1.165) is 33.1 Å². The molecule has 1 heterocycles. The van der Waals surface area contributed by atoms with Gasteiger partial charge in [0.15, 0.2) is 0 Å². The Morgan fingerprint density at radius 3 is 2.23 bits per heavy atom. The monoisotopic (exact) mass is 719 g/mol. The molecular formula is C36H29BrF3N3O5. The maximum Gasteiger partial charge on any atom is 0.416 e. The first kappa shape index (κ1) is 34.1. The maximum absolute atomic E-state index is 13.5. The van der Waals surface area contributed by atoms with Gasteiger partial charge in [-0.05, 0) is 70.8 Å². The summed E-state index contributed by atoms with van der Waals surface area (Å²) in [6.07, 6.45) is -2.48. The maximum atomic E-state index is 13.5. The fourth-order valence-corrected chi connectivity index (χ4v) is 5.42. The summed E-state index contributed by atoms with van der Waals surface area (Å²) in [5, 5.41) is 12.0. The Morgan fingerprint density at radius 2 is 1.60 bits per heavy atom. The van der Waals surface area contributed by atoms with Gasteiger partial charge in [0, 0.05) is 28.7 Å². The molecule has 5 rings (SSSR count). The number of benzene rings is 4. The average Bonchev–Trinajstić information content (AvgIpc) is 3.55. The molecular weight excluding hydrogens is 691 g/mol. The number of carboxylic acids is 1. The van der Waals surface area contributed by atoms with Crippen LogP contribution in [0.3, 0.4) is 0 Å². The number of rotatable bonds is 11.